The zero-order valence-corrected chi connectivity index (χ0v) is 20.5. The molecule has 0 heterocycles. The maximum Gasteiger partial charge on any atom is 0.322 e. The molecule has 4 nitrogen and oxygen atoms in total. The number of benzene rings is 3. The van der Waals surface area contributed by atoms with Gasteiger partial charge in [-0.2, -0.15) is 0 Å². The molecule has 0 radical (unpaired) electrons. The minimum absolute atomic E-state index is 0.0860. The largest absolute Gasteiger partial charge is 0.497 e. The Morgan fingerprint density at radius 1 is 0.971 bits per heavy atom. The van der Waals surface area contributed by atoms with Gasteiger partial charge in [0.05, 0.1) is 13.2 Å². The first-order valence-corrected chi connectivity index (χ1v) is 12.1. The van der Waals surface area contributed by atoms with Crippen molar-refractivity contribution in [2.24, 2.45) is 0 Å². The van der Waals surface area contributed by atoms with Gasteiger partial charge in [0.15, 0.2) is 0 Å². The molecule has 0 saturated heterocycles. The average Bonchev–Trinajstić information content (AvgIpc) is 2.88. The molecule has 3 aromatic carbocycles. The van der Waals surface area contributed by atoms with Gasteiger partial charge in [-0.25, -0.2) is 4.79 Å². The number of methoxy groups -OCH3 is 1. The Morgan fingerprint density at radius 2 is 1.68 bits per heavy atom. The van der Waals surface area contributed by atoms with Crippen LogP contribution in [0.25, 0.3) is 6.08 Å². The Bertz CT molecular complexity index is 1050. The van der Waals surface area contributed by atoms with E-state index in [1.54, 1.807) is 7.11 Å². The molecule has 4 heteroatoms. The number of urea groups is 1. The van der Waals surface area contributed by atoms with Crippen molar-refractivity contribution >= 4 is 17.8 Å². The maximum absolute atomic E-state index is 13.6. The minimum atomic E-state index is -0.126. The summed E-state index contributed by atoms with van der Waals surface area (Å²) in [6, 6.07) is 27.8. The lowest BCUT2D eigenvalue weighted by Gasteiger charge is -2.31. The Hall–Kier alpha value is -3.53. The molecule has 0 bridgehead atoms. The third-order valence-electron chi connectivity index (χ3n) is 5.98. The van der Waals surface area contributed by atoms with E-state index in [0.717, 1.165) is 24.0 Å². The Morgan fingerprint density at radius 3 is 2.35 bits per heavy atom. The standard InChI is InChI=1S/C30H36N2O2/c1-4-5-8-16-26(21-25-14-9-6-10-15-25)23-32(24(2)27-17-11-7-12-18-27)30(33)31-28-19-13-20-29(22-28)34-3/h6-7,9-15,17-22,24H,4-5,8,16,23H2,1-3H3,(H,31,33). The van der Waals surface area contributed by atoms with E-state index < -0.39 is 0 Å². The first-order chi connectivity index (χ1) is 16.6. The molecule has 34 heavy (non-hydrogen) atoms. The number of ether oxygens (including phenoxy) is 1. The number of nitrogens with one attached hydrogen (secondary N) is 1. The minimum Gasteiger partial charge on any atom is -0.497 e. The lowest BCUT2D eigenvalue weighted by Crippen LogP contribution is -2.38. The molecule has 0 aromatic heterocycles. The van der Waals surface area contributed by atoms with Crippen LogP contribution in [-0.2, 0) is 0 Å². The number of nitrogens with zero attached hydrogens (tertiary/aromatic N) is 1. The molecule has 1 N–H and O–H groups in total. The summed E-state index contributed by atoms with van der Waals surface area (Å²) in [7, 11) is 1.63. The van der Waals surface area contributed by atoms with Crippen molar-refractivity contribution in [1.82, 2.24) is 4.90 Å². The Kier molecular flexibility index (Phi) is 9.78. The second kappa shape index (κ2) is 13.2. The summed E-state index contributed by atoms with van der Waals surface area (Å²) < 4.78 is 5.33. The normalized spacial score (nSPS) is 12.1. The molecular weight excluding hydrogens is 420 g/mol. The van der Waals surface area contributed by atoms with Gasteiger partial charge >= 0.3 is 6.03 Å². The van der Waals surface area contributed by atoms with E-state index in [1.807, 2.05) is 53.4 Å². The predicted molar refractivity (Wildman–Crippen MR) is 142 cm³/mol. The molecule has 3 aromatic rings. The number of carbonyl (C=O) groups is 1. The second-order valence-electron chi connectivity index (χ2n) is 8.55. The van der Waals surface area contributed by atoms with E-state index in [0.29, 0.717) is 18.0 Å². The van der Waals surface area contributed by atoms with Gasteiger partial charge < -0.3 is 15.0 Å². The predicted octanol–water partition coefficient (Wildman–Crippen LogP) is 7.95. The Labute approximate surface area is 204 Å². The van der Waals surface area contributed by atoms with Gasteiger partial charge in [0.1, 0.15) is 5.75 Å². The summed E-state index contributed by atoms with van der Waals surface area (Å²) in [4.78, 5) is 15.5. The first-order valence-electron chi connectivity index (χ1n) is 12.1. The van der Waals surface area contributed by atoms with Crippen LogP contribution in [0, 0.1) is 0 Å². The topological polar surface area (TPSA) is 41.6 Å². The van der Waals surface area contributed by atoms with Gasteiger partial charge in [-0.3, -0.25) is 0 Å². The van der Waals surface area contributed by atoms with E-state index >= 15 is 0 Å². The lowest BCUT2D eigenvalue weighted by atomic mass is 10.0. The molecule has 0 aliphatic carbocycles. The number of carbonyl (C=O) groups excluding carboxylic acids is 1. The summed E-state index contributed by atoms with van der Waals surface area (Å²) in [5, 5.41) is 3.08. The molecule has 0 aliphatic heterocycles. The third-order valence-corrected chi connectivity index (χ3v) is 5.98. The van der Waals surface area contributed by atoms with Crippen LogP contribution in [0.5, 0.6) is 5.75 Å². The van der Waals surface area contributed by atoms with Gasteiger partial charge in [-0.15, -0.1) is 0 Å². The molecule has 0 aliphatic rings. The molecule has 0 fully saturated rings. The molecule has 0 spiro atoms. The smallest absolute Gasteiger partial charge is 0.322 e. The summed E-state index contributed by atoms with van der Waals surface area (Å²) >= 11 is 0. The average molecular weight is 457 g/mol. The monoisotopic (exact) mass is 456 g/mol. The fraction of sp³-hybridized carbons (Fsp3) is 0.300. The molecule has 3 rings (SSSR count). The number of hydrogen-bond donors (Lipinski definition) is 1. The van der Waals surface area contributed by atoms with Gasteiger partial charge in [0.25, 0.3) is 0 Å². The highest BCUT2D eigenvalue weighted by molar-refractivity contribution is 5.90. The van der Waals surface area contributed by atoms with Crippen molar-refractivity contribution in [2.45, 2.75) is 45.6 Å². The van der Waals surface area contributed by atoms with E-state index in [2.05, 4.69) is 61.6 Å². The van der Waals surface area contributed by atoms with Crippen LogP contribution in [0.2, 0.25) is 0 Å². The van der Waals surface area contributed by atoms with E-state index in [1.165, 1.54) is 18.4 Å². The molecule has 2 amide bonds. The van der Waals surface area contributed by atoms with Crippen molar-refractivity contribution in [2.75, 3.05) is 19.0 Å². The summed E-state index contributed by atoms with van der Waals surface area (Å²) in [5.41, 5.74) is 4.24. The van der Waals surface area contributed by atoms with Crippen LogP contribution in [-0.4, -0.2) is 24.6 Å². The Balaban J connectivity index is 1.90. The SMILES string of the molecule is CCCCCC(=Cc1ccccc1)CN(C(=O)Nc1cccc(OC)c1)C(C)c1ccccc1. The summed E-state index contributed by atoms with van der Waals surface area (Å²) in [5.74, 6) is 0.713. The van der Waals surface area contributed by atoms with Gasteiger partial charge in [0, 0.05) is 18.3 Å². The second-order valence-corrected chi connectivity index (χ2v) is 8.55. The zero-order valence-electron chi connectivity index (χ0n) is 20.5. The summed E-state index contributed by atoms with van der Waals surface area (Å²) in [6.45, 7) is 4.86. The fourth-order valence-corrected chi connectivity index (χ4v) is 3.99. The fourth-order valence-electron chi connectivity index (χ4n) is 3.99. The third kappa shape index (κ3) is 7.51. The highest BCUT2D eigenvalue weighted by Gasteiger charge is 2.23. The van der Waals surface area contributed by atoms with Crippen molar-refractivity contribution in [1.29, 1.82) is 0 Å². The highest BCUT2D eigenvalue weighted by Crippen LogP contribution is 2.26. The zero-order chi connectivity index (χ0) is 24.2. The van der Waals surface area contributed by atoms with Gasteiger partial charge in [0.2, 0.25) is 0 Å². The van der Waals surface area contributed by atoms with E-state index in [4.69, 9.17) is 4.74 Å². The van der Waals surface area contributed by atoms with Crippen molar-refractivity contribution < 1.29 is 9.53 Å². The summed E-state index contributed by atoms with van der Waals surface area (Å²) in [6.07, 6.45) is 6.65. The van der Waals surface area contributed by atoms with Crippen molar-refractivity contribution in [3.8, 4) is 5.75 Å². The molecule has 1 unspecified atom stereocenters. The number of unbranched alkanes of at least 4 members (excludes halogenated alkanes) is 2. The van der Waals surface area contributed by atoms with E-state index in [-0.39, 0.29) is 12.1 Å². The van der Waals surface area contributed by atoms with Crippen molar-refractivity contribution in [3.05, 3.63) is 102 Å². The molecular formula is C30H36N2O2. The van der Waals surface area contributed by atoms with Crippen LogP contribution in [0.1, 0.15) is 56.7 Å². The quantitative estimate of drug-likeness (QED) is 0.297. The van der Waals surface area contributed by atoms with Gasteiger partial charge in [-0.1, -0.05) is 98.1 Å². The number of amides is 2. The first kappa shape index (κ1) is 25.1. The molecule has 0 saturated carbocycles. The number of rotatable bonds is 11. The van der Waals surface area contributed by atoms with E-state index in [9.17, 15) is 4.79 Å². The van der Waals surface area contributed by atoms with Crippen LogP contribution >= 0.6 is 0 Å². The number of anilines is 1. The van der Waals surface area contributed by atoms with Crippen LogP contribution in [0.15, 0.2) is 90.5 Å². The van der Waals surface area contributed by atoms with Crippen LogP contribution in [0.4, 0.5) is 10.5 Å². The molecule has 1 atom stereocenters. The number of hydrogen-bond acceptors (Lipinski definition) is 2. The van der Waals surface area contributed by atoms with Crippen LogP contribution in [0.3, 0.4) is 0 Å². The van der Waals surface area contributed by atoms with Crippen LogP contribution < -0.4 is 10.1 Å². The maximum atomic E-state index is 13.6. The lowest BCUT2D eigenvalue weighted by molar-refractivity contribution is 0.198. The molecule has 178 valence electrons. The van der Waals surface area contributed by atoms with Crippen molar-refractivity contribution in [3.63, 3.8) is 0 Å². The highest BCUT2D eigenvalue weighted by atomic mass is 16.5. The van der Waals surface area contributed by atoms with Gasteiger partial charge in [-0.05, 0) is 43.0 Å².